The zero-order valence-corrected chi connectivity index (χ0v) is 14.8. The molecule has 2 rings (SSSR count). The van der Waals surface area contributed by atoms with Crippen LogP contribution < -0.4 is 0 Å². The van der Waals surface area contributed by atoms with E-state index in [0.29, 0.717) is 12.8 Å². The zero-order chi connectivity index (χ0) is 17.4. The molecule has 1 saturated heterocycles. The fourth-order valence-corrected chi connectivity index (χ4v) is 3.42. The van der Waals surface area contributed by atoms with Crippen LogP contribution in [0.4, 0.5) is 0 Å². The first-order chi connectivity index (χ1) is 11.6. The van der Waals surface area contributed by atoms with E-state index in [-0.39, 0.29) is 23.9 Å². The SMILES string of the molecule is CCCCC/C=C\C[C@H](O)/C=C/[C@@H](O)[C@H]1C[C@@H]1C1CCCC(=O)O1. The summed E-state index contributed by atoms with van der Waals surface area (Å²) >= 11 is 0. The van der Waals surface area contributed by atoms with Gasteiger partial charge in [0.15, 0.2) is 0 Å². The van der Waals surface area contributed by atoms with Crippen molar-refractivity contribution in [1.82, 2.24) is 0 Å². The molecule has 0 amide bonds. The summed E-state index contributed by atoms with van der Waals surface area (Å²) in [6.45, 7) is 2.19. The second kappa shape index (κ2) is 10.00. The highest BCUT2D eigenvalue weighted by Gasteiger charge is 2.48. The number of ether oxygens (including phenoxy) is 1. The van der Waals surface area contributed by atoms with E-state index < -0.39 is 12.2 Å². The molecule has 5 atom stereocenters. The first kappa shape index (κ1) is 19.2. The Labute approximate surface area is 145 Å². The molecule has 2 fully saturated rings. The van der Waals surface area contributed by atoms with Crippen LogP contribution in [0.3, 0.4) is 0 Å². The summed E-state index contributed by atoms with van der Waals surface area (Å²) in [5, 5.41) is 20.2. The summed E-state index contributed by atoms with van der Waals surface area (Å²) in [5.41, 5.74) is 0. The molecule has 0 aromatic heterocycles. The van der Waals surface area contributed by atoms with Gasteiger partial charge in [0.25, 0.3) is 0 Å². The summed E-state index contributed by atoms with van der Waals surface area (Å²) in [6.07, 6.45) is 14.9. The number of rotatable bonds is 10. The Kier molecular flexibility index (Phi) is 8.00. The van der Waals surface area contributed by atoms with Crippen LogP contribution in [-0.4, -0.2) is 34.5 Å². The van der Waals surface area contributed by atoms with Gasteiger partial charge in [-0.05, 0) is 44.4 Å². The number of hydrogen-bond acceptors (Lipinski definition) is 4. The van der Waals surface area contributed by atoms with Crippen molar-refractivity contribution >= 4 is 5.97 Å². The lowest BCUT2D eigenvalue weighted by atomic mass is 10.0. The van der Waals surface area contributed by atoms with Crippen LogP contribution in [0.2, 0.25) is 0 Å². The van der Waals surface area contributed by atoms with Gasteiger partial charge in [-0.15, -0.1) is 0 Å². The molecule has 4 heteroatoms. The average Bonchev–Trinajstić information content (AvgIpc) is 3.36. The highest BCUT2D eigenvalue weighted by atomic mass is 16.5. The van der Waals surface area contributed by atoms with E-state index in [2.05, 4.69) is 13.0 Å². The molecule has 1 aliphatic heterocycles. The molecule has 1 aliphatic carbocycles. The smallest absolute Gasteiger partial charge is 0.306 e. The number of carbonyl (C=O) groups excluding carboxylic acids is 1. The minimum atomic E-state index is -0.557. The van der Waals surface area contributed by atoms with Crippen molar-refractivity contribution in [1.29, 1.82) is 0 Å². The third-order valence-electron chi connectivity index (χ3n) is 5.01. The lowest BCUT2D eigenvalue weighted by Gasteiger charge is -2.22. The predicted molar refractivity (Wildman–Crippen MR) is 94.4 cm³/mol. The van der Waals surface area contributed by atoms with Gasteiger partial charge in [0.1, 0.15) is 6.10 Å². The van der Waals surface area contributed by atoms with Crippen LogP contribution in [0.25, 0.3) is 0 Å². The van der Waals surface area contributed by atoms with Crippen molar-refractivity contribution in [3.8, 4) is 0 Å². The maximum absolute atomic E-state index is 11.3. The summed E-state index contributed by atoms with van der Waals surface area (Å²) in [5.74, 6) is 0.335. The van der Waals surface area contributed by atoms with Gasteiger partial charge in [-0.2, -0.15) is 0 Å². The van der Waals surface area contributed by atoms with E-state index in [9.17, 15) is 15.0 Å². The molecule has 1 saturated carbocycles. The topological polar surface area (TPSA) is 66.8 Å². The fraction of sp³-hybridized carbons (Fsp3) is 0.750. The Hall–Kier alpha value is -1.13. The molecule has 2 aliphatic rings. The summed E-state index contributed by atoms with van der Waals surface area (Å²) in [7, 11) is 0. The Bertz CT molecular complexity index is 443. The number of unbranched alkanes of at least 4 members (excludes halogenated alkanes) is 3. The molecule has 24 heavy (non-hydrogen) atoms. The predicted octanol–water partition coefficient (Wildman–Crippen LogP) is 3.52. The van der Waals surface area contributed by atoms with Gasteiger partial charge in [0, 0.05) is 12.3 Å². The number of allylic oxidation sites excluding steroid dienone is 1. The van der Waals surface area contributed by atoms with Crippen molar-refractivity contribution in [2.24, 2.45) is 11.8 Å². The van der Waals surface area contributed by atoms with Crippen LogP contribution in [0.15, 0.2) is 24.3 Å². The number of cyclic esters (lactones) is 1. The third-order valence-corrected chi connectivity index (χ3v) is 5.01. The average molecular weight is 336 g/mol. The standard InChI is InChI=1S/C20H32O4/c1-2-3-4-5-6-7-9-15(21)12-13-18(22)16-14-17(16)19-10-8-11-20(23)24-19/h6-7,12-13,15-19,21-22H,2-5,8-11,14H2,1H3/b7-6-,13-12+/t15-,16-,17-,18+,19?/m0/s1. The van der Waals surface area contributed by atoms with E-state index in [4.69, 9.17) is 4.74 Å². The minimum Gasteiger partial charge on any atom is -0.462 e. The van der Waals surface area contributed by atoms with E-state index in [1.165, 1.54) is 19.3 Å². The number of hydrogen-bond donors (Lipinski definition) is 2. The van der Waals surface area contributed by atoms with Gasteiger partial charge >= 0.3 is 5.97 Å². The van der Waals surface area contributed by atoms with Crippen molar-refractivity contribution in [2.75, 3.05) is 0 Å². The zero-order valence-electron chi connectivity index (χ0n) is 14.8. The molecule has 0 aromatic rings. The van der Waals surface area contributed by atoms with Gasteiger partial charge in [0.05, 0.1) is 12.2 Å². The highest BCUT2D eigenvalue weighted by Crippen LogP contribution is 2.47. The first-order valence-corrected chi connectivity index (χ1v) is 9.50. The number of esters is 1. The lowest BCUT2D eigenvalue weighted by Crippen LogP contribution is -2.27. The molecule has 0 radical (unpaired) electrons. The fourth-order valence-electron chi connectivity index (χ4n) is 3.42. The second-order valence-electron chi connectivity index (χ2n) is 7.13. The van der Waals surface area contributed by atoms with Crippen LogP contribution in [0, 0.1) is 11.8 Å². The summed E-state index contributed by atoms with van der Waals surface area (Å²) in [6, 6.07) is 0. The molecular weight excluding hydrogens is 304 g/mol. The Morgan fingerprint density at radius 2 is 2.08 bits per heavy atom. The van der Waals surface area contributed by atoms with Crippen LogP contribution in [0.1, 0.15) is 64.7 Å². The molecular formula is C20H32O4. The monoisotopic (exact) mass is 336 g/mol. The quantitative estimate of drug-likeness (QED) is 0.364. The third kappa shape index (κ3) is 6.40. The van der Waals surface area contributed by atoms with Gasteiger partial charge < -0.3 is 14.9 Å². The molecule has 0 aromatic carbocycles. The number of carbonyl (C=O) groups is 1. The minimum absolute atomic E-state index is 0.0183. The maximum atomic E-state index is 11.3. The van der Waals surface area contributed by atoms with Crippen LogP contribution in [-0.2, 0) is 9.53 Å². The molecule has 1 heterocycles. The Morgan fingerprint density at radius 1 is 1.25 bits per heavy atom. The van der Waals surface area contributed by atoms with Gasteiger partial charge in [-0.25, -0.2) is 0 Å². The molecule has 0 spiro atoms. The largest absolute Gasteiger partial charge is 0.462 e. The molecule has 2 N–H and O–H groups in total. The van der Waals surface area contributed by atoms with Crippen LogP contribution in [0.5, 0.6) is 0 Å². The Morgan fingerprint density at radius 3 is 2.83 bits per heavy atom. The van der Waals surface area contributed by atoms with Gasteiger partial charge in [0.2, 0.25) is 0 Å². The normalized spacial score (nSPS) is 29.8. The van der Waals surface area contributed by atoms with Gasteiger partial charge in [-0.1, -0.05) is 44.1 Å². The van der Waals surface area contributed by atoms with E-state index in [1.807, 2.05) is 6.08 Å². The first-order valence-electron chi connectivity index (χ1n) is 9.50. The molecule has 136 valence electrons. The van der Waals surface area contributed by atoms with E-state index >= 15 is 0 Å². The second-order valence-corrected chi connectivity index (χ2v) is 7.13. The van der Waals surface area contributed by atoms with Crippen LogP contribution >= 0.6 is 0 Å². The number of aliphatic hydroxyl groups is 2. The maximum Gasteiger partial charge on any atom is 0.306 e. The van der Waals surface area contributed by atoms with E-state index in [0.717, 1.165) is 25.7 Å². The summed E-state index contributed by atoms with van der Waals surface area (Å²) in [4.78, 5) is 11.3. The van der Waals surface area contributed by atoms with Crippen molar-refractivity contribution < 1.29 is 19.7 Å². The van der Waals surface area contributed by atoms with Crippen molar-refractivity contribution in [3.05, 3.63) is 24.3 Å². The Balaban J connectivity index is 1.64. The van der Waals surface area contributed by atoms with Gasteiger partial charge in [-0.3, -0.25) is 4.79 Å². The van der Waals surface area contributed by atoms with Crippen molar-refractivity contribution in [3.63, 3.8) is 0 Å². The molecule has 4 nitrogen and oxygen atoms in total. The number of aliphatic hydroxyl groups excluding tert-OH is 2. The summed E-state index contributed by atoms with van der Waals surface area (Å²) < 4.78 is 5.38. The van der Waals surface area contributed by atoms with Crippen molar-refractivity contribution in [2.45, 2.75) is 83.0 Å². The van der Waals surface area contributed by atoms with E-state index in [1.54, 1.807) is 12.2 Å². The molecule has 1 unspecified atom stereocenters. The lowest BCUT2D eigenvalue weighted by molar-refractivity contribution is -0.155. The highest BCUT2D eigenvalue weighted by molar-refractivity contribution is 5.70. The molecule has 0 bridgehead atoms.